The Morgan fingerprint density at radius 1 is 1.20 bits per heavy atom. The summed E-state index contributed by atoms with van der Waals surface area (Å²) >= 11 is 0. The van der Waals surface area contributed by atoms with Crippen molar-refractivity contribution in [2.45, 2.75) is 12.2 Å². The van der Waals surface area contributed by atoms with Crippen LogP contribution in [0.5, 0.6) is 5.75 Å². The van der Waals surface area contributed by atoms with E-state index in [1.807, 2.05) is 0 Å². The minimum Gasteiger partial charge on any atom is -0.490 e. The van der Waals surface area contributed by atoms with Crippen LogP contribution in [0.25, 0.3) is 0 Å². The first kappa shape index (κ1) is 14.3. The van der Waals surface area contributed by atoms with Crippen molar-refractivity contribution in [3.63, 3.8) is 0 Å². The molecular formula is C14H13F3N2O. The Kier molecular flexibility index (Phi) is 4.24. The van der Waals surface area contributed by atoms with Crippen LogP contribution in [0.1, 0.15) is 17.2 Å². The molecule has 0 saturated carbocycles. The first-order valence-electron chi connectivity index (χ1n) is 5.92. The van der Waals surface area contributed by atoms with Crippen LogP contribution in [0.2, 0.25) is 0 Å². The normalized spacial score (nSPS) is 13.0. The number of alkyl halides is 3. The highest BCUT2D eigenvalue weighted by Gasteiger charge is 2.30. The van der Waals surface area contributed by atoms with E-state index in [1.165, 1.54) is 12.3 Å². The summed E-state index contributed by atoms with van der Waals surface area (Å²) in [5.74, 6) is 0.523. The average molecular weight is 282 g/mol. The zero-order valence-electron chi connectivity index (χ0n) is 10.5. The highest BCUT2D eigenvalue weighted by Crippen LogP contribution is 2.30. The van der Waals surface area contributed by atoms with Gasteiger partial charge in [0, 0.05) is 6.20 Å². The molecule has 1 unspecified atom stereocenters. The highest BCUT2D eigenvalue weighted by atomic mass is 19.4. The van der Waals surface area contributed by atoms with E-state index in [4.69, 9.17) is 10.5 Å². The van der Waals surface area contributed by atoms with Crippen molar-refractivity contribution in [2.75, 3.05) is 6.61 Å². The lowest BCUT2D eigenvalue weighted by molar-refractivity contribution is -0.137. The van der Waals surface area contributed by atoms with Crippen LogP contribution in [-0.2, 0) is 6.18 Å². The highest BCUT2D eigenvalue weighted by molar-refractivity contribution is 5.28. The third-order valence-electron chi connectivity index (χ3n) is 2.71. The summed E-state index contributed by atoms with van der Waals surface area (Å²) < 4.78 is 43.2. The van der Waals surface area contributed by atoms with E-state index in [2.05, 4.69) is 4.98 Å². The molecule has 1 aromatic heterocycles. The van der Waals surface area contributed by atoms with E-state index < -0.39 is 17.8 Å². The molecule has 0 bridgehead atoms. The van der Waals surface area contributed by atoms with Crippen LogP contribution >= 0.6 is 0 Å². The number of ether oxygens (including phenoxy) is 1. The fourth-order valence-corrected chi connectivity index (χ4v) is 1.66. The maximum Gasteiger partial charge on any atom is 0.416 e. The van der Waals surface area contributed by atoms with Gasteiger partial charge < -0.3 is 10.5 Å². The van der Waals surface area contributed by atoms with Crippen molar-refractivity contribution in [2.24, 2.45) is 5.73 Å². The zero-order valence-corrected chi connectivity index (χ0v) is 10.5. The quantitative estimate of drug-likeness (QED) is 0.937. The number of nitrogens with two attached hydrogens (primary N) is 1. The van der Waals surface area contributed by atoms with Crippen molar-refractivity contribution >= 4 is 0 Å². The Morgan fingerprint density at radius 2 is 2.00 bits per heavy atom. The summed E-state index contributed by atoms with van der Waals surface area (Å²) in [5, 5.41) is 0. The summed E-state index contributed by atoms with van der Waals surface area (Å²) in [4.78, 5) is 3.87. The number of aromatic nitrogens is 1. The van der Waals surface area contributed by atoms with Crippen molar-refractivity contribution in [1.29, 1.82) is 0 Å². The Hall–Kier alpha value is -2.08. The molecule has 1 atom stereocenters. The molecule has 20 heavy (non-hydrogen) atoms. The average Bonchev–Trinajstić information content (AvgIpc) is 2.45. The molecule has 0 aliphatic carbocycles. The van der Waals surface area contributed by atoms with Gasteiger partial charge in [0.25, 0.3) is 0 Å². The van der Waals surface area contributed by atoms with Gasteiger partial charge in [0.05, 0.1) is 17.8 Å². The number of hydrogen-bond donors (Lipinski definition) is 1. The van der Waals surface area contributed by atoms with Crippen LogP contribution in [0.4, 0.5) is 13.2 Å². The second kappa shape index (κ2) is 5.92. The van der Waals surface area contributed by atoms with Gasteiger partial charge in [-0.25, -0.2) is 0 Å². The summed E-state index contributed by atoms with van der Waals surface area (Å²) in [6.45, 7) is 0.0764. The maximum atomic E-state index is 12.6. The van der Waals surface area contributed by atoms with E-state index in [1.54, 1.807) is 24.4 Å². The van der Waals surface area contributed by atoms with Gasteiger partial charge in [-0.05, 0) is 29.8 Å². The molecule has 106 valence electrons. The molecule has 2 rings (SSSR count). The van der Waals surface area contributed by atoms with Crippen LogP contribution in [0.3, 0.4) is 0 Å². The Morgan fingerprint density at radius 3 is 2.65 bits per heavy atom. The molecule has 1 aromatic carbocycles. The first-order valence-corrected chi connectivity index (χ1v) is 5.92. The number of halogens is 3. The molecule has 2 N–H and O–H groups in total. The predicted octanol–water partition coefficient (Wildman–Crippen LogP) is 3.18. The van der Waals surface area contributed by atoms with Crippen molar-refractivity contribution in [3.05, 3.63) is 59.9 Å². The molecule has 2 aromatic rings. The Labute approximate surface area is 114 Å². The molecular weight excluding hydrogens is 269 g/mol. The number of rotatable bonds is 4. The number of nitrogens with zero attached hydrogens (tertiary/aromatic N) is 1. The zero-order chi connectivity index (χ0) is 14.6. The van der Waals surface area contributed by atoms with Crippen LogP contribution < -0.4 is 10.5 Å². The van der Waals surface area contributed by atoms with Crippen LogP contribution in [0, 0.1) is 0 Å². The summed E-state index contributed by atoms with van der Waals surface area (Å²) in [5.41, 5.74) is 5.50. The first-order chi connectivity index (χ1) is 9.47. The molecule has 0 aliphatic heterocycles. The van der Waals surface area contributed by atoms with Gasteiger partial charge in [-0.15, -0.1) is 0 Å². The molecule has 6 heteroatoms. The summed E-state index contributed by atoms with van der Waals surface area (Å²) in [6.07, 6.45) is -1.27. The van der Waals surface area contributed by atoms with E-state index in [-0.39, 0.29) is 6.61 Å². The van der Waals surface area contributed by atoms with Crippen LogP contribution in [-0.4, -0.2) is 11.6 Å². The van der Waals surface area contributed by atoms with Gasteiger partial charge in [0.15, 0.2) is 0 Å². The lowest BCUT2D eigenvalue weighted by Crippen LogP contribution is -2.19. The molecule has 1 heterocycles. The molecule has 0 fully saturated rings. The van der Waals surface area contributed by atoms with Gasteiger partial charge in [-0.1, -0.05) is 12.1 Å². The minimum atomic E-state index is -4.38. The van der Waals surface area contributed by atoms with Crippen molar-refractivity contribution in [3.8, 4) is 5.75 Å². The predicted molar refractivity (Wildman–Crippen MR) is 68.1 cm³/mol. The molecule has 3 nitrogen and oxygen atoms in total. The van der Waals surface area contributed by atoms with E-state index >= 15 is 0 Å². The number of pyridine rings is 1. The molecule has 0 saturated heterocycles. The molecule has 0 aliphatic rings. The Bertz CT molecular complexity index is 558. The number of hydrogen-bond acceptors (Lipinski definition) is 3. The van der Waals surface area contributed by atoms with Gasteiger partial charge in [-0.3, -0.25) is 4.98 Å². The summed E-state index contributed by atoms with van der Waals surface area (Å²) in [6, 6.07) is 7.69. The molecule has 0 spiro atoms. The third-order valence-corrected chi connectivity index (χ3v) is 2.71. The lowest BCUT2D eigenvalue weighted by Gasteiger charge is -2.15. The fraction of sp³-hybridized carbons (Fsp3) is 0.214. The largest absolute Gasteiger partial charge is 0.490 e. The standard InChI is InChI=1S/C14H13F3N2O/c15-14(16,17)11-4-1-3-10(7-11)13(18)9-20-12-5-2-6-19-8-12/h1-8,13H,9,18H2. The minimum absolute atomic E-state index is 0.0764. The van der Waals surface area contributed by atoms with Gasteiger partial charge >= 0.3 is 6.18 Å². The third kappa shape index (κ3) is 3.71. The second-order valence-electron chi connectivity index (χ2n) is 4.23. The van der Waals surface area contributed by atoms with E-state index in [0.29, 0.717) is 11.3 Å². The van der Waals surface area contributed by atoms with Crippen molar-refractivity contribution < 1.29 is 17.9 Å². The lowest BCUT2D eigenvalue weighted by atomic mass is 10.0. The van der Waals surface area contributed by atoms with E-state index in [9.17, 15) is 13.2 Å². The monoisotopic (exact) mass is 282 g/mol. The van der Waals surface area contributed by atoms with E-state index in [0.717, 1.165) is 12.1 Å². The Balaban J connectivity index is 2.04. The SMILES string of the molecule is NC(COc1cccnc1)c1cccc(C(F)(F)F)c1. The van der Waals surface area contributed by atoms with Crippen LogP contribution in [0.15, 0.2) is 48.8 Å². The van der Waals surface area contributed by atoms with Crippen molar-refractivity contribution in [1.82, 2.24) is 4.98 Å². The molecule has 0 amide bonds. The maximum absolute atomic E-state index is 12.6. The smallest absolute Gasteiger partial charge is 0.416 e. The molecule has 0 radical (unpaired) electrons. The topological polar surface area (TPSA) is 48.1 Å². The second-order valence-corrected chi connectivity index (χ2v) is 4.23. The van der Waals surface area contributed by atoms with Gasteiger partial charge in [0.2, 0.25) is 0 Å². The fourth-order valence-electron chi connectivity index (χ4n) is 1.66. The summed E-state index contributed by atoms with van der Waals surface area (Å²) in [7, 11) is 0. The van der Waals surface area contributed by atoms with Gasteiger partial charge in [0.1, 0.15) is 12.4 Å². The van der Waals surface area contributed by atoms with Gasteiger partial charge in [-0.2, -0.15) is 13.2 Å². The number of benzene rings is 1.